The summed E-state index contributed by atoms with van der Waals surface area (Å²) in [4.78, 5) is 18.1. The smallest absolute Gasteiger partial charge is 0.303 e. The Labute approximate surface area is 105 Å². The summed E-state index contributed by atoms with van der Waals surface area (Å²) in [5.41, 5.74) is -0.678. The van der Waals surface area contributed by atoms with E-state index in [1.54, 1.807) is 0 Å². The van der Waals surface area contributed by atoms with E-state index < -0.39 is 13.4 Å². The van der Waals surface area contributed by atoms with Gasteiger partial charge in [0.25, 0.3) is 0 Å². The molecule has 0 aliphatic rings. The fraction of sp³-hybridized carbons (Fsp3) is 1.00. The molecule has 104 valence electrons. The summed E-state index contributed by atoms with van der Waals surface area (Å²) >= 11 is 0. The number of phosphoric acid groups is 1. The molecule has 0 amide bonds. The maximum atomic E-state index is 11.1. The summed E-state index contributed by atoms with van der Waals surface area (Å²) in [6, 6.07) is 0. The standard InChI is InChI=1S/C12H27O4P/c1-5-9-10-11(6-2)12(7-3,8-4)16-17(13,14)15/h11H,5-10H2,1-4H3,(H2,13,14,15). The van der Waals surface area contributed by atoms with Gasteiger partial charge in [0.2, 0.25) is 0 Å². The Morgan fingerprint density at radius 2 is 1.71 bits per heavy atom. The number of rotatable bonds is 9. The number of hydrogen-bond acceptors (Lipinski definition) is 2. The van der Waals surface area contributed by atoms with Gasteiger partial charge in [-0.05, 0) is 25.2 Å². The topological polar surface area (TPSA) is 66.8 Å². The van der Waals surface area contributed by atoms with Gasteiger partial charge in [0.05, 0.1) is 5.60 Å². The maximum absolute atomic E-state index is 11.1. The Morgan fingerprint density at radius 1 is 1.18 bits per heavy atom. The lowest BCUT2D eigenvalue weighted by molar-refractivity contribution is -0.0286. The van der Waals surface area contributed by atoms with Crippen molar-refractivity contribution in [1.29, 1.82) is 0 Å². The van der Waals surface area contributed by atoms with Crippen molar-refractivity contribution in [3.63, 3.8) is 0 Å². The van der Waals surface area contributed by atoms with Crippen LogP contribution >= 0.6 is 7.82 Å². The van der Waals surface area contributed by atoms with Gasteiger partial charge in [-0.1, -0.05) is 47.0 Å². The summed E-state index contributed by atoms with van der Waals surface area (Å²) < 4.78 is 16.3. The van der Waals surface area contributed by atoms with E-state index in [0.717, 1.165) is 25.7 Å². The van der Waals surface area contributed by atoms with Gasteiger partial charge in [0, 0.05) is 0 Å². The second-order valence-corrected chi connectivity index (χ2v) is 5.76. The third kappa shape index (κ3) is 5.52. The van der Waals surface area contributed by atoms with E-state index in [9.17, 15) is 4.57 Å². The van der Waals surface area contributed by atoms with E-state index in [4.69, 9.17) is 14.3 Å². The predicted molar refractivity (Wildman–Crippen MR) is 69.7 cm³/mol. The monoisotopic (exact) mass is 266 g/mol. The third-order valence-electron chi connectivity index (χ3n) is 3.64. The quantitative estimate of drug-likeness (QED) is 0.622. The predicted octanol–water partition coefficient (Wildman–Crippen LogP) is 3.87. The molecule has 0 aromatic rings. The largest absolute Gasteiger partial charge is 0.470 e. The number of unbranched alkanes of at least 4 members (excludes halogenated alkanes) is 1. The lowest BCUT2D eigenvalue weighted by Crippen LogP contribution is -2.38. The fourth-order valence-electron chi connectivity index (χ4n) is 2.56. The average molecular weight is 266 g/mol. The number of phosphoric ester groups is 1. The molecular weight excluding hydrogens is 239 g/mol. The minimum Gasteiger partial charge on any atom is -0.303 e. The van der Waals surface area contributed by atoms with Gasteiger partial charge in [-0.25, -0.2) is 4.57 Å². The summed E-state index contributed by atoms with van der Waals surface area (Å²) in [6.45, 7) is 8.06. The molecule has 0 saturated carbocycles. The lowest BCUT2D eigenvalue weighted by atomic mass is 9.78. The highest BCUT2D eigenvalue weighted by Gasteiger charge is 2.40. The summed E-state index contributed by atoms with van der Waals surface area (Å²) in [6.07, 6.45) is 5.30. The first-order chi connectivity index (χ1) is 7.85. The maximum Gasteiger partial charge on any atom is 0.470 e. The zero-order valence-corrected chi connectivity index (χ0v) is 12.4. The van der Waals surface area contributed by atoms with Crippen molar-refractivity contribution in [2.24, 2.45) is 5.92 Å². The molecule has 4 nitrogen and oxygen atoms in total. The second-order valence-electron chi connectivity index (χ2n) is 4.60. The van der Waals surface area contributed by atoms with Crippen molar-refractivity contribution in [2.45, 2.75) is 71.8 Å². The van der Waals surface area contributed by atoms with Gasteiger partial charge in [0.1, 0.15) is 0 Å². The van der Waals surface area contributed by atoms with Crippen LogP contribution in [-0.2, 0) is 9.09 Å². The molecule has 5 heteroatoms. The first-order valence-corrected chi connectivity index (χ1v) is 8.14. The molecule has 0 fully saturated rings. The molecule has 0 bridgehead atoms. The Balaban J connectivity index is 4.93. The van der Waals surface area contributed by atoms with Gasteiger partial charge < -0.3 is 9.79 Å². The molecule has 17 heavy (non-hydrogen) atoms. The van der Waals surface area contributed by atoms with Crippen molar-refractivity contribution in [2.75, 3.05) is 0 Å². The minimum absolute atomic E-state index is 0.213. The molecule has 0 spiro atoms. The molecule has 0 saturated heterocycles. The molecule has 2 N–H and O–H groups in total. The van der Waals surface area contributed by atoms with E-state index in [-0.39, 0.29) is 5.92 Å². The van der Waals surface area contributed by atoms with E-state index >= 15 is 0 Å². The van der Waals surface area contributed by atoms with Gasteiger partial charge in [-0.15, -0.1) is 0 Å². The van der Waals surface area contributed by atoms with Crippen LogP contribution in [0, 0.1) is 5.92 Å². The van der Waals surface area contributed by atoms with Crippen LogP contribution in [0.2, 0.25) is 0 Å². The molecule has 0 radical (unpaired) electrons. The molecule has 0 aromatic heterocycles. The fourth-order valence-corrected chi connectivity index (χ4v) is 3.44. The van der Waals surface area contributed by atoms with Gasteiger partial charge in [-0.2, -0.15) is 0 Å². The molecule has 1 atom stereocenters. The number of hydrogen-bond donors (Lipinski definition) is 2. The average Bonchev–Trinajstić information content (AvgIpc) is 2.26. The van der Waals surface area contributed by atoms with Crippen molar-refractivity contribution in [3.05, 3.63) is 0 Å². The van der Waals surface area contributed by atoms with Crippen LogP contribution in [-0.4, -0.2) is 15.4 Å². The molecular formula is C12H27O4P. The Morgan fingerprint density at radius 3 is 2.00 bits per heavy atom. The van der Waals surface area contributed by atoms with Crippen LogP contribution in [0.4, 0.5) is 0 Å². The van der Waals surface area contributed by atoms with Gasteiger partial charge in [0.15, 0.2) is 0 Å². The van der Waals surface area contributed by atoms with Crippen LogP contribution in [0.1, 0.15) is 66.2 Å². The molecule has 0 aliphatic carbocycles. The zero-order valence-electron chi connectivity index (χ0n) is 11.5. The molecule has 1 unspecified atom stereocenters. The van der Waals surface area contributed by atoms with Crippen LogP contribution < -0.4 is 0 Å². The van der Waals surface area contributed by atoms with Crippen LogP contribution in [0.5, 0.6) is 0 Å². The second kappa shape index (κ2) is 7.52. The SMILES string of the molecule is CCCCC(CC)C(CC)(CC)OP(=O)(O)O. The Hall–Kier alpha value is 0.110. The highest BCUT2D eigenvalue weighted by Crippen LogP contribution is 2.48. The Kier molecular flexibility index (Phi) is 7.57. The van der Waals surface area contributed by atoms with Crippen molar-refractivity contribution in [1.82, 2.24) is 0 Å². The normalized spacial score (nSPS) is 14.9. The lowest BCUT2D eigenvalue weighted by Gasteiger charge is -2.39. The summed E-state index contributed by atoms with van der Waals surface area (Å²) in [7, 11) is -4.42. The summed E-state index contributed by atoms with van der Waals surface area (Å²) in [5.74, 6) is 0.213. The van der Waals surface area contributed by atoms with Gasteiger partial charge in [-0.3, -0.25) is 4.52 Å². The first kappa shape index (κ1) is 17.1. The van der Waals surface area contributed by atoms with Crippen LogP contribution in [0.25, 0.3) is 0 Å². The van der Waals surface area contributed by atoms with E-state index in [2.05, 4.69) is 13.8 Å². The molecule has 0 aliphatic heterocycles. The first-order valence-electron chi connectivity index (χ1n) is 6.61. The van der Waals surface area contributed by atoms with Crippen LogP contribution in [0.3, 0.4) is 0 Å². The van der Waals surface area contributed by atoms with Gasteiger partial charge >= 0.3 is 7.82 Å². The van der Waals surface area contributed by atoms with E-state index in [1.165, 1.54) is 0 Å². The van der Waals surface area contributed by atoms with Crippen molar-refractivity contribution < 1.29 is 18.9 Å². The third-order valence-corrected chi connectivity index (χ3v) is 4.24. The van der Waals surface area contributed by atoms with E-state index in [0.29, 0.717) is 12.8 Å². The molecule has 0 heterocycles. The van der Waals surface area contributed by atoms with E-state index in [1.807, 2.05) is 13.8 Å². The zero-order chi connectivity index (χ0) is 13.5. The van der Waals surface area contributed by atoms with Crippen LogP contribution in [0.15, 0.2) is 0 Å². The van der Waals surface area contributed by atoms with Crippen molar-refractivity contribution in [3.8, 4) is 0 Å². The molecule has 0 aromatic carbocycles. The highest BCUT2D eigenvalue weighted by molar-refractivity contribution is 7.46. The minimum atomic E-state index is -4.42. The van der Waals surface area contributed by atoms with Crippen molar-refractivity contribution >= 4 is 7.82 Å². The summed E-state index contributed by atoms with van der Waals surface area (Å²) in [5, 5.41) is 0. The Bertz CT molecular complexity index is 245. The highest BCUT2D eigenvalue weighted by atomic mass is 31.2. The molecule has 0 rings (SSSR count).